The normalized spacial score (nSPS) is 15.7. The van der Waals surface area contributed by atoms with Crippen molar-refractivity contribution in [1.29, 1.82) is 0 Å². The second-order valence-electron chi connectivity index (χ2n) is 7.85. The second kappa shape index (κ2) is 11.3. The van der Waals surface area contributed by atoms with Crippen LogP contribution in [0.3, 0.4) is 0 Å². The zero-order valence-electron chi connectivity index (χ0n) is 18.8. The Labute approximate surface area is 195 Å². The molecule has 0 radical (unpaired) electrons. The molecule has 9 heteroatoms. The predicted molar refractivity (Wildman–Crippen MR) is 118 cm³/mol. The topological polar surface area (TPSA) is 68.5 Å². The highest BCUT2D eigenvalue weighted by Gasteiger charge is 2.29. The van der Waals surface area contributed by atoms with Crippen molar-refractivity contribution in [2.75, 3.05) is 47.4 Å². The number of nitrogens with zero attached hydrogens (tertiary/aromatic N) is 6. The maximum atomic E-state index is 5.44. The lowest BCUT2D eigenvalue weighted by molar-refractivity contribution is -0.00000706. The Morgan fingerprint density at radius 1 is 0.938 bits per heavy atom. The number of aromatic nitrogens is 4. The molecule has 0 aliphatic carbocycles. The number of benzene rings is 2. The van der Waals surface area contributed by atoms with Crippen molar-refractivity contribution < 1.29 is 21.9 Å². The van der Waals surface area contributed by atoms with Crippen LogP contribution in [0.2, 0.25) is 0 Å². The molecule has 0 bridgehead atoms. The van der Waals surface area contributed by atoms with Crippen LogP contribution in [0.25, 0.3) is 0 Å². The molecule has 0 amide bonds. The minimum absolute atomic E-state index is 0. The first-order valence-corrected chi connectivity index (χ1v) is 10.6. The molecule has 4 rings (SSSR count). The first-order valence-electron chi connectivity index (χ1n) is 10.6. The van der Waals surface area contributed by atoms with Gasteiger partial charge in [-0.3, -0.25) is 4.90 Å². The van der Waals surface area contributed by atoms with Crippen LogP contribution in [0.1, 0.15) is 23.0 Å². The summed E-state index contributed by atoms with van der Waals surface area (Å²) in [6, 6.07) is 16.6. The van der Waals surface area contributed by atoms with Gasteiger partial charge < -0.3 is 26.8 Å². The summed E-state index contributed by atoms with van der Waals surface area (Å²) < 4.78 is 12.7. The number of halogens is 1. The molecule has 1 aromatic heterocycles. The number of piperazine rings is 1. The van der Waals surface area contributed by atoms with Gasteiger partial charge >= 0.3 is 0 Å². The maximum Gasteiger partial charge on any atom is 0.173 e. The molecule has 172 valence electrons. The van der Waals surface area contributed by atoms with Crippen molar-refractivity contribution >= 4 is 0 Å². The SMILES string of the molecule is COc1ccc(CCn2nnnc2C(c2ccccc2)N2CCN(C)CC2)cc1OC.[Cl-]. The van der Waals surface area contributed by atoms with E-state index in [0.29, 0.717) is 6.54 Å². The largest absolute Gasteiger partial charge is 1.00 e. The van der Waals surface area contributed by atoms with Gasteiger partial charge in [-0.25, -0.2) is 4.68 Å². The third-order valence-corrected chi connectivity index (χ3v) is 5.88. The van der Waals surface area contributed by atoms with E-state index in [1.165, 1.54) is 5.56 Å². The van der Waals surface area contributed by atoms with Crippen LogP contribution in [0, 0.1) is 0 Å². The lowest BCUT2D eigenvalue weighted by atomic mass is 10.0. The summed E-state index contributed by atoms with van der Waals surface area (Å²) in [6.45, 7) is 4.74. The summed E-state index contributed by atoms with van der Waals surface area (Å²) in [4.78, 5) is 4.84. The molecule has 0 spiro atoms. The average molecular weight is 458 g/mol. The van der Waals surface area contributed by atoms with Crippen molar-refractivity contribution in [2.45, 2.75) is 19.0 Å². The smallest absolute Gasteiger partial charge is 0.173 e. The molecule has 3 aromatic rings. The predicted octanol–water partition coefficient (Wildman–Crippen LogP) is -0.726. The molecule has 1 unspecified atom stereocenters. The summed E-state index contributed by atoms with van der Waals surface area (Å²) in [5.74, 6) is 2.35. The number of likely N-dealkylation sites (N-methyl/N-ethyl adjacent to an activating group) is 1. The fourth-order valence-electron chi connectivity index (χ4n) is 4.08. The maximum absolute atomic E-state index is 5.44. The van der Waals surface area contributed by atoms with Gasteiger partial charge in [0.15, 0.2) is 17.3 Å². The Balaban J connectivity index is 0.00000289. The van der Waals surface area contributed by atoms with Gasteiger partial charge in [-0.05, 0) is 47.2 Å². The molecule has 0 saturated carbocycles. The highest BCUT2D eigenvalue weighted by atomic mass is 35.5. The number of ether oxygens (including phenoxy) is 2. The van der Waals surface area contributed by atoms with Gasteiger partial charge in [0.05, 0.1) is 20.3 Å². The molecule has 0 N–H and O–H groups in total. The number of methoxy groups -OCH3 is 2. The second-order valence-corrected chi connectivity index (χ2v) is 7.85. The number of tetrazole rings is 1. The first kappa shape index (κ1) is 24.0. The van der Waals surface area contributed by atoms with E-state index in [1.54, 1.807) is 14.2 Å². The van der Waals surface area contributed by atoms with Crippen molar-refractivity contribution in [2.24, 2.45) is 0 Å². The summed E-state index contributed by atoms with van der Waals surface area (Å²) in [5, 5.41) is 12.8. The quantitative estimate of drug-likeness (QED) is 0.442. The molecule has 1 aliphatic rings. The van der Waals surface area contributed by atoms with Crippen LogP contribution in [0.4, 0.5) is 0 Å². The van der Waals surface area contributed by atoms with Gasteiger partial charge in [-0.1, -0.05) is 36.4 Å². The van der Waals surface area contributed by atoms with E-state index < -0.39 is 0 Å². The van der Waals surface area contributed by atoms with E-state index in [4.69, 9.17) is 9.47 Å². The lowest BCUT2D eigenvalue weighted by Crippen LogP contribution is -3.00. The summed E-state index contributed by atoms with van der Waals surface area (Å²) in [6.07, 6.45) is 0.794. The van der Waals surface area contributed by atoms with Crippen molar-refractivity contribution in [1.82, 2.24) is 30.0 Å². The number of rotatable bonds is 8. The van der Waals surface area contributed by atoms with Crippen LogP contribution in [-0.4, -0.2) is 77.5 Å². The highest BCUT2D eigenvalue weighted by Crippen LogP contribution is 2.29. The van der Waals surface area contributed by atoms with Crippen LogP contribution in [-0.2, 0) is 13.0 Å². The molecule has 2 heterocycles. The Kier molecular flexibility index (Phi) is 8.44. The highest BCUT2D eigenvalue weighted by molar-refractivity contribution is 5.42. The van der Waals surface area contributed by atoms with Crippen LogP contribution < -0.4 is 21.9 Å². The Morgan fingerprint density at radius 3 is 2.34 bits per heavy atom. The lowest BCUT2D eigenvalue weighted by Gasteiger charge is -2.37. The fraction of sp³-hybridized carbons (Fsp3) is 0.435. The van der Waals surface area contributed by atoms with Crippen LogP contribution in [0.15, 0.2) is 48.5 Å². The van der Waals surface area contributed by atoms with Gasteiger partial charge in [-0.2, -0.15) is 0 Å². The fourth-order valence-corrected chi connectivity index (χ4v) is 4.08. The van der Waals surface area contributed by atoms with Gasteiger partial charge in [0, 0.05) is 32.7 Å². The van der Waals surface area contributed by atoms with Crippen LogP contribution >= 0.6 is 0 Å². The Bertz CT molecular complexity index is 976. The zero-order chi connectivity index (χ0) is 21.6. The molecule has 1 fully saturated rings. The molecule has 8 nitrogen and oxygen atoms in total. The van der Waals surface area contributed by atoms with E-state index in [1.807, 2.05) is 22.9 Å². The molecular formula is C23H30ClN6O2-. The molecule has 1 atom stereocenters. The zero-order valence-corrected chi connectivity index (χ0v) is 19.6. The van der Waals surface area contributed by atoms with E-state index in [-0.39, 0.29) is 18.4 Å². The van der Waals surface area contributed by atoms with Gasteiger partial charge in [-0.15, -0.1) is 5.10 Å². The Morgan fingerprint density at radius 2 is 1.66 bits per heavy atom. The summed E-state index contributed by atoms with van der Waals surface area (Å²) in [7, 11) is 5.47. The van der Waals surface area contributed by atoms with Gasteiger partial charge in [0.25, 0.3) is 0 Å². The van der Waals surface area contributed by atoms with Crippen molar-refractivity contribution in [3.63, 3.8) is 0 Å². The molecular weight excluding hydrogens is 428 g/mol. The van der Waals surface area contributed by atoms with E-state index in [0.717, 1.165) is 55.5 Å². The third-order valence-electron chi connectivity index (χ3n) is 5.88. The monoisotopic (exact) mass is 457 g/mol. The minimum Gasteiger partial charge on any atom is -1.00 e. The third kappa shape index (κ3) is 5.38. The Hall–Kier alpha value is -2.68. The summed E-state index contributed by atoms with van der Waals surface area (Å²) in [5.41, 5.74) is 2.36. The summed E-state index contributed by atoms with van der Waals surface area (Å²) >= 11 is 0. The first-order chi connectivity index (χ1) is 15.2. The minimum atomic E-state index is 0. The number of aryl methyl sites for hydroxylation is 2. The molecule has 2 aromatic carbocycles. The number of hydrogen-bond donors (Lipinski definition) is 0. The molecule has 1 aliphatic heterocycles. The van der Waals surface area contributed by atoms with E-state index in [2.05, 4.69) is 62.7 Å². The van der Waals surface area contributed by atoms with Gasteiger partial charge in [0.2, 0.25) is 0 Å². The van der Waals surface area contributed by atoms with Crippen molar-refractivity contribution in [3.8, 4) is 11.5 Å². The van der Waals surface area contributed by atoms with E-state index in [9.17, 15) is 0 Å². The van der Waals surface area contributed by atoms with E-state index >= 15 is 0 Å². The standard InChI is InChI=1S/C23H30N6O2.ClH/c1-27-13-15-28(16-14-27)22(19-7-5-4-6-8-19)23-24-25-26-29(23)12-11-18-9-10-20(30-2)21(17-18)31-3;/h4-10,17,22H,11-16H2,1-3H3;1H/p-1. The van der Waals surface area contributed by atoms with Crippen LogP contribution in [0.5, 0.6) is 11.5 Å². The molecule has 1 saturated heterocycles. The number of hydrogen-bond acceptors (Lipinski definition) is 7. The molecule has 32 heavy (non-hydrogen) atoms. The average Bonchev–Trinajstić information content (AvgIpc) is 3.27. The van der Waals surface area contributed by atoms with Crippen molar-refractivity contribution in [3.05, 3.63) is 65.5 Å². The van der Waals surface area contributed by atoms with Gasteiger partial charge in [0.1, 0.15) is 0 Å².